The van der Waals surface area contributed by atoms with Crippen LogP contribution in [0.25, 0.3) is 40.0 Å². The Kier molecular flexibility index (Phi) is 17.6. The molecule has 4 aromatic carbocycles. The maximum absolute atomic E-state index is 5.88. The van der Waals surface area contributed by atoms with Gasteiger partial charge in [0.25, 0.3) is 15.3 Å². The van der Waals surface area contributed by atoms with E-state index in [4.69, 9.17) is 73.1 Å². The van der Waals surface area contributed by atoms with Gasteiger partial charge in [-0.25, -0.2) is 9.78 Å². The van der Waals surface area contributed by atoms with E-state index >= 15 is 0 Å². The van der Waals surface area contributed by atoms with Crippen LogP contribution in [0.3, 0.4) is 0 Å². The van der Waals surface area contributed by atoms with E-state index in [1.807, 2.05) is 72.9 Å². The molecule has 0 unspecified atom stereocenters. The molecule has 0 amide bonds. The van der Waals surface area contributed by atoms with Crippen molar-refractivity contribution < 1.29 is 13.3 Å². The number of hydrogen-bond acceptors (Lipinski definition) is 13. The van der Waals surface area contributed by atoms with Crippen molar-refractivity contribution in [2.24, 2.45) is 0 Å². The Morgan fingerprint density at radius 2 is 1.16 bits per heavy atom. The molecule has 4 heterocycles. The molecule has 19 heteroatoms. The van der Waals surface area contributed by atoms with Crippen molar-refractivity contribution in [2.75, 3.05) is 11.1 Å². The highest BCUT2D eigenvalue weighted by Crippen LogP contribution is 2.27. The summed E-state index contributed by atoms with van der Waals surface area (Å²) in [5, 5.41) is 34.3. The highest BCUT2D eigenvalue weighted by Gasteiger charge is 2.11. The lowest BCUT2D eigenvalue weighted by Gasteiger charge is -1.97. The number of aromatic amines is 1. The molecule has 12 nitrogen and oxygen atoms in total. The molecule has 1 N–H and O–H groups in total. The summed E-state index contributed by atoms with van der Waals surface area (Å²) in [5.41, 5.74) is 4.31. The Bertz CT molecular complexity index is 2600. The van der Waals surface area contributed by atoms with Gasteiger partial charge < -0.3 is 13.3 Å². The molecule has 0 aliphatic heterocycles. The summed E-state index contributed by atoms with van der Waals surface area (Å²) in [6.07, 6.45) is 11.8. The van der Waals surface area contributed by atoms with Crippen molar-refractivity contribution >= 4 is 86.5 Å². The number of alkyl halides is 1. The molecule has 0 saturated heterocycles. The van der Waals surface area contributed by atoms with Crippen molar-refractivity contribution in [1.82, 2.24) is 45.6 Å². The molecule has 0 radical (unpaired) electrons. The summed E-state index contributed by atoms with van der Waals surface area (Å²) >= 11 is 27.9. The van der Waals surface area contributed by atoms with E-state index in [1.165, 1.54) is 23.5 Å². The zero-order valence-electron chi connectivity index (χ0n) is 29.7. The van der Waals surface area contributed by atoms with Crippen molar-refractivity contribution in [3.63, 3.8) is 0 Å². The zero-order chi connectivity index (χ0) is 41.1. The third kappa shape index (κ3) is 14.0. The van der Waals surface area contributed by atoms with Gasteiger partial charge in [0, 0.05) is 37.5 Å². The molecule has 58 heavy (non-hydrogen) atoms. The van der Waals surface area contributed by atoms with E-state index in [-0.39, 0.29) is 4.84 Å². The molecular formula is C39H27BrCl3N9O3S3. The SMILES string of the molecule is C#CCBr.C#CCSc1nnc(-c2ccc(Cl)cc2)o1.Clc1ccc(-c2nnc(SCc3cn(-c4ccccc4)nn3)o2)cc1.S=c1[nH]nc(-c2ccc(Cl)cc2)o1. The molecule has 0 aliphatic rings. The van der Waals surface area contributed by atoms with Gasteiger partial charge in [-0.15, -0.1) is 43.4 Å². The average Bonchev–Trinajstić information content (AvgIpc) is 4.10. The minimum Gasteiger partial charge on any atom is -0.411 e. The Morgan fingerprint density at radius 3 is 1.62 bits per heavy atom. The summed E-state index contributed by atoms with van der Waals surface area (Å²) in [5.74, 6) is 7.35. The first-order valence-corrected chi connectivity index (χ1v) is 21.0. The molecule has 0 saturated carbocycles. The standard InChI is InChI=1S/C17H12ClN5OS.C11H7ClN2OS.C8H5ClN2OS.C3H3Br/c18-13-8-6-12(7-9-13)16-20-21-17(24-16)25-11-14-10-23(22-19-14)15-4-2-1-3-5-15;1-2-7-16-11-14-13-10(15-11)8-3-5-9(12)6-4-8;9-6-3-1-5(2-4-6)7-10-11-8(13)12-7;1-2-3-4/h1-10H,11H2;1,3-6H,7H2;1-4H,(H,11,13);1H,3H2. The summed E-state index contributed by atoms with van der Waals surface area (Å²) < 4.78 is 17.9. The second-order valence-corrected chi connectivity index (χ2v) is 14.9. The molecule has 8 rings (SSSR count). The topological polar surface area (TPSA) is 150 Å². The fraction of sp³-hybridized carbons (Fsp3) is 0.0769. The minimum absolute atomic E-state index is 0.268. The number of nitrogens with zero attached hydrogens (tertiary/aromatic N) is 8. The van der Waals surface area contributed by atoms with E-state index < -0.39 is 0 Å². The predicted octanol–water partition coefficient (Wildman–Crippen LogP) is 11.4. The summed E-state index contributed by atoms with van der Waals surface area (Å²) in [7, 11) is 0. The lowest BCUT2D eigenvalue weighted by atomic mass is 10.2. The van der Waals surface area contributed by atoms with Crippen LogP contribution in [0.15, 0.2) is 133 Å². The van der Waals surface area contributed by atoms with Crippen LogP contribution in [0.5, 0.6) is 0 Å². The van der Waals surface area contributed by atoms with Crippen molar-refractivity contribution in [3.8, 4) is 64.7 Å². The van der Waals surface area contributed by atoms with Gasteiger partial charge >= 0.3 is 0 Å². The third-order valence-corrected chi connectivity index (χ3v) is 9.62. The second kappa shape index (κ2) is 23.3. The largest absolute Gasteiger partial charge is 0.411 e. The molecular weight excluding hydrogens is 925 g/mol. The second-order valence-electron chi connectivity index (χ2n) is 10.8. The minimum atomic E-state index is 0.268. The van der Waals surface area contributed by atoms with Crippen LogP contribution < -0.4 is 0 Å². The van der Waals surface area contributed by atoms with Gasteiger partial charge in [-0.3, -0.25) is 0 Å². The highest BCUT2D eigenvalue weighted by molar-refractivity contribution is 9.09. The summed E-state index contributed by atoms with van der Waals surface area (Å²) in [4.78, 5) is 0.268. The first-order chi connectivity index (χ1) is 28.2. The van der Waals surface area contributed by atoms with Gasteiger partial charge in [0.2, 0.25) is 17.7 Å². The van der Waals surface area contributed by atoms with Crippen LogP contribution in [0, 0.1) is 29.5 Å². The highest BCUT2D eigenvalue weighted by atomic mass is 79.9. The zero-order valence-corrected chi connectivity index (χ0v) is 36.0. The molecule has 0 spiro atoms. The number of terminal acetylenes is 2. The summed E-state index contributed by atoms with van der Waals surface area (Å²) in [6.45, 7) is 0. The number of benzene rings is 4. The number of hydrogen-bond donors (Lipinski definition) is 1. The number of H-pyrrole nitrogens is 1. The van der Waals surface area contributed by atoms with Gasteiger partial charge in [-0.1, -0.05) is 110 Å². The maximum Gasteiger partial charge on any atom is 0.284 e. The predicted molar refractivity (Wildman–Crippen MR) is 235 cm³/mol. The fourth-order valence-corrected chi connectivity index (χ4v) is 5.80. The van der Waals surface area contributed by atoms with Crippen LogP contribution in [-0.2, 0) is 5.75 Å². The normalized spacial score (nSPS) is 10.1. The molecule has 0 atom stereocenters. The Balaban J connectivity index is 0.000000167. The molecule has 4 aromatic heterocycles. The fourth-order valence-electron chi connectivity index (χ4n) is 4.21. The van der Waals surface area contributed by atoms with Gasteiger partial charge in [0.05, 0.1) is 28.7 Å². The van der Waals surface area contributed by atoms with Crippen molar-refractivity contribution in [3.05, 3.63) is 135 Å². The van der Waals surface area contributed by atoms with Crippen LogP contribution in [-0.4, -0.2) is 56.7 Å². The van der Waals surface area contributed by atoms with E-state index in [0.29, 0.717) is 60.0 Å². The first-order valence-electron chi connectivity index (χ1n) is 16.4. The van der Waals surface area contributed by atoms with Crippen molar-refractivity contribution in [2.45, 2.75) is 16.2 Å². The van der Waals surface area contributed by atoms with Gasteiger partial charge in [-0.2, -0.15) is 0 Å². The molecule has 8 aromatic rings. The van der Waals surface area contributed by atoms with Gasteiger partial charge in [0.15, 0.2) is 0 Å². The number of aromatic nitrogens is 9. The molecule has 0 aliphatic carbocycles. The third-order valence-electron chi connectivity index (χ3n) is 6.79. The van der Waals surface area contributed by atoms with Crippen LogP contribution in [0.1, 0.15) is 5.69 Å². The number of rotatable bonds is 9. The van der Waals surface area contributed by atoms with Crippen LogP contribution >= 0.6 is 86.5 Å². The number of halogens is 4. The summed E-state index contributed by atoms with van der Waals surface area (Å²) in [6, 6.07) is 31.5. The van der Waals surface area contributed by atoms with Gasteiger partial charge in [0.1, 0.15) is 0 Å². The molecule has 292 valence electrons. The Hall–Kier alpha value is -5.17. The smallest absolute Gasteiger partial charge is 0.284 e. The van der Waals surface area contributed by atoms with E-state index in [2.05, 4.69) is 68.7 Å². The quantitative estimate of drug-likeness (QED) is 0.0633. The molecule has 0 bridgehead atoms. The number of para-hydroxylation sites is 1. The van der Waals surface area contributed by atoms with Crippen LogP contribution in [0.2, 0.25) is 15.1 Å². The first kappa shape index (κ1) is 43.9. The lowest BCUT2D eigenvalue weighted by Crippen LogP contribution is -1.93. The van der Waals surface area contributed by atoms with Crippen molar-refractivity contribution in [1.29, 1.82) is 0 Å². The number of nitrogens with one attached hydrogen (secondary N) is 1. The van der Waals surface area contributed by atoms with Gasteiger partial charge in [-0.05, 0) is 97.1 Å². The van der Waals surface area contributed by atoms with E-state index in [9.17, 15) is 0 Å². The van der Waals surface area contributed by atoms with E-state index in [0.717, 1.165) is 28.1 Å². The average molecular weight is 952 g/mol. The Morgan fingerprint density at radius 1 is 0.655 bits per heavy atom. The lowest BCUT2D eigenvalue weighted by molar-refractivity contribution is 0.465. The molecule has 0 fully saturated rings. The monoisotopic (exact) mass is 949 g/mol. The van der Waals surface area contributed by atoms with E-state index in [1.54, 1.807) is 41.1 Å². The van der Waals surface area contributed by atoms with Crippen LogP contribution in [0.4, 0.5) is 0 Å². The Labute approximate surface area is 369 Å². The number of thioether (sulfide) groups is 2. The maximum atomic E-state index is 5.88.